The third-order valence-electron chi connectivity index (χ3n) is 4.11. The average molecular weight is 411 g/mol. The Morgan fingerprint density at radius 1 is 1.07 bits per heavy atom. The van der Waals surface area contributed by atoms with Crippen molar-refractivity contribution in [2.24, 2.45) is 0 Å². The van der Waals surface area contributed by atoms with Crippen LogP contribution >= 0.6 is 11.8 Å². The summed E-state index contributed by atoms with van der Waals surface area (Å²) in [6.45, 7) is 0.656. The number of hydrogen-bond acceptors (Lipinski definition) is 6. The Kier molecular flexibility index (Phi) is 6.91. The number of esters is 1. The molecule has 0 atom stereocenters. The molecule has 0 radical (unpaired) electrons. The van der Waals surface area contributed by atoms with E-state index in [0.717, 1.165) is 16.5 Å². The number of nitrogens with zero attached hydrogens (tertiary/aromatic N) is 2. The van der Waals surface area contributed by atoms with Crippen molar-refractivity contribution in [3.63, 3.8) is 0 Å². The van der Waals surface area contributed by atoms with Crippen LogP contribution in [0.15, 0.2) is 66.1 Å². The summed E-state index contributed by atoms with van der Waals surface area (Å²) in [7, 11) is 2.96. The van der Waals surface area contributed by atoms with Crippen molar-refractivity contribution < 1.29 is 19.1 Å². The van der Waals surface area contributed by atoms with Crippen LogP contribution in [0, 0.1) is 0 Å². The number of imidazole rings is 1. The number of methoxy groups -OCH3 is 2. The number of benzene rings is 2. The quantitative estimate of drug-likeness (QED) is 0.452. The third-order valence-corrected chi connectivity index (χ3v) is 5.12. The summed E-state index contributed by atoms with van der Waals surface area (Å²) in [6, 6.07) is 14.4. The van der Waals surface area contributed by atoms with Gasteiger partial charge in [-0.1, -0.05) is 23.9 Å². The van der Waals surface area contributed by atoms with Gasteiger partial charge in [0, 0.05) is 24.6 Å². The van der Waals surface area contributed by atoms with Crippen molar-refractivity contribution in [3.05, 3.63) is 72.1 Å². The lowest BCUT2D eigenvalue weighted by Gasteiger charge is -2.09. The maximum absolute atomic E-state index is 12.2. The molecule has 0 aliphatic carbocycles. The molecule has 8 heteroatoms. The van der Waals surface area contributed by atoms with E-state index in [1.54, 1.807) is 37.6 Å². The van der Waals surface area contributed by atoms with E-state index in [2.05, 4.69) is 15.0 Å². The summed E-state index contributed by atoms with van der Waals surface area (Å²) in [5.41, 5.74) is 2.16. The zero-order valence-corrected chi connectivity index (χ0v) is 16.9. The Balaban J connectivity index is 1.54. The van der Waals surface area contributed by atoms with E-state index in [4.69, 9.17) is 4.74 Å². The smallest absolute Gasteiger partial charge is 0.337 e. The number of amides is 1. The number of carbonyl (C=O) groups excluding carboxylic acids is 2. The molecule has 0 unspecified atom stereocenters. The molecule has 1 heterocycles. The number of nitrogens with one attached hydrogen (secondary N) is 1. The first-order valence-corrected chi connectivity index (χ1v) is 9.82. The van der Waals surface area contributed by atoms with Crippen LogP contribution in [0.2, 0.25) is 0 Å². The van der Waals surface area contributed by atoms with Gasteiger partial charge < -0.3 is 19.4 Å². The van der Waals surface area contributed by atoms with Crippen molar-refractivity contribution in [3.8, 4) is 5.75 Å². The fourth-order valence-corrected chi connectivity index (χ4v) is 3.38. The Labute approximate surface area is 173 Å². The van der Waals surface area contributed by atoms with Gasteiger partial charge in [-0.2, -0.15) is 0 Å². The zero-order valence-electron chi connectivity index (χ0n) is 16.1. The lowest BCUT2D eigenvalue weighted by Crippen LogP contribution is -2.15. The van der Waals surface area contributed by atoms with Gasteiger partial charge in [0.25, 0.3) is 0 Å². The maximum atomic E-state index is 12.2. The second-order valence-electron chi connectivity index (χ2n) is 6.09. The van der Waals surface area contributed by atoms with Gasteiger partial charge in [0.2, 0.25) is 5.91 Å². The SMILES string of the molecule is COC(=O)c1ccc(NC(=O)CSc2nccn2Cc2ccc(OC)cc2)cc1. The van der Waals surface area contributed by atoms with Crippen LogP contribution in [0.4, 0.5) is 5.69 Å². The predicted molar refractivity (Wildman–Crippen MR) is 111 cm³/mol. The molecule has 0 aliphatic rings. The van der Waals surface area contributed by atoms with Crippen LogP contribution in [0.25, 0.3) is 0 Å². The van der Waals surface area contributed by atoms with Gasteiger partial charge >= 0.3 is 5.97 Å². The molecule has 0 aliphatic heterocycles. The standard InChI is InChI=1S/C21H21N3O4S/c1-27-18-9-3-15(4-10-18)13-24-12-11-22-21(24)29-14-19(25)23-17-7-5-16(6-8-17)20(26)28-2/h3-12H,13-14H2,1-2H3,(H,23,25). The van der Waals surface area contributed by atoms with Crippen molar-refractivity contribution >= 4 is 29.3 Å². The van der Waals surface area contributed by atoms with E-state index in [1.807, 2.05) is 35.0 Å². The highest BCUT2D eigenvalue weighted by Gasteiger charge is 2.10. The van der Waals surface area contributed by atoms with Crippen molar-refractivity contribution in [1.29, 1.82) is 0 Å². The van der Waals surface area contributed by atoms with Gasteiger partial charge in [-0.25, -0.2) is 9.78 Å². The number of carbonyl (C=O) groups is 2. The minimum absolute atomic E-state index is 0.153. The summed E-state index contributed by atoms with van der Waals surface area (Å²) in [6.07, 6.45) is 3.60. The molecule has 1 amide bonds. The lowest BCUT2D eigenvalue weighted by molar-refractivity contribution is -0.113. The van der Waals surface area contributed by atoms with E-state index in [9.17, 15) is 9.59 Å². The molecular weight excluding hydrogens is 390 g/mol. The molecule has 7 nitrogen and oxygen atoms in total. The molecule has 150 valence electrons. The summed E-state index contributed by atoms with van der Waals surface area (Å²) < 4.78 is 11.8. The normalized spacial score (nSPS) is 10.4. The van der Waals surface area contributed by atoms with Gasteiger partial charge in [0.05, 0.1) is 25.5 Å². The minimum Gasteiger partial charge on any atom is -0.497 e. The topological polar surface area (TPSA) is 82.5 Å². The summed E-state index contributed by atoms with van der Waals surface area (Å²) in [5, 5.41) is 3.57. The fourth-order valence-electron chi connectivity index (χ4n) is 2.62. The largest absolute Gasteiger partial charge is 0.497 e. The van der Waals surface area contributed by atoms with Crippen LogP contribution in [-0.4, -0.2) is 41.4 Å². The highest BCUT2D eigenvalue weighted by Crippen LogP contribution is 2.19. The minimum atomic E-state index is -0.415. The number of ether oxygens (including phenoxy) is 2. The van der Waals surface area contributed by atoms with E-state index in [0.29, 0.717) is 17.8 Å². The lowest BCUT2D eigenvalue weighted by atomic mass is 10.2. The maximum Gasteiger partial charge on any atom is 0.337 e. The average Bonchev–Trinajstić information content (AvgIpc) is 3.19. The van der Waals surface area contributed by atoms with Crippen LogP contribution in [0.5, 0.6) is 5.75 Å². The molecule has 3 rings (SSSR count). The first kappa shape index (κ1) is 20.5. The first-order chi connectivity index (χ1) is 14.1. The molecule has 0 fully saturated rings. The van der Waals surface area contributed by atoms with Crippen molar-refractivity contribution in [2.45, 2.75) is 11.7 Å². The van der Waals surface area contributed by atoms with Gasteiger partial charge in [0.15, 0.2) is 5.16 Å². The Hall–Kier alpha value is -3.26. The third kappa shape index (κ3) is 5.61. The Morgan fingerprint density at radius 3 is 2.45 bits per heavy atom. The van der Waals surface area contributed by atoms with Gasteiger partial charge in [-0.05, 0) is 42.0 Å². The molecule has 0 saturated heterocycles. The molecule has 0 bridgehead atoms. The van der Waals surface area contributed by atoms with Crippen LogP contribution in [0.1, 0.15) is 15.9 Å². The molecule has 0 spiro atoms. The number of thioether (sulfide) groups is 1. The van der Waals surface area contributed by atoms with E-state index >= 15 is 0 Å². The highest BCUT2D eigenvalue weighted by atomic mass is 32.2. The van der Waals surface area contributed by atoms with Crippen molar-refractivity contribution in [1.82, 2.24) is 9.55 Å². The second kappa shape index (κ2) is 9.79. The molecule has 1 aromatic heterocycles. The van der Waals surface area contributed by atoms with Gasteiger partial charge in [0.1, 0.15) is 5.75 Å². The number of anilines is 1. The molecule has 2 aromatic carbocycles. The number of hydrogen-bond donors (Lipinski definition) is 1. The monoisotopic (exact) mass is 411 g/mol. The molecule has 3 aromatic rings. The van der Waals surface area contributed by atoms with Crippen LogP contribution in [-0.2, 0) is 16.1 Å². The molecule has 1 N–H and O–H groups in total. The van der Waals surface area contributed by atoms with E-state index < -0.39 is 5.97 Å². The highest BCUT2D eigenvalue weighted by molar-refractivity contribution is 7.99. The van der Waals surface area contributed by atoms with Crippen LogP contribution < -0.4 is 10.1 Å². The van der Waals surface area contributed by atoms with Crippen LogP contribution in [0.3, 0.4) is 0 Å². The van der Waals surface area contributed by atoms with Gasteiger partial charge in [-0.15, -0.1) is 0 Å². The number of rotatable bonds is 8. The second-order valence-corrected chi connectivity index (χ2v) is 7.03. The Morgan fingerprint density at radius 2 is 1.79 bits per heavy atom. The number of aromatic nitrogens is 2. The van der Waals surface area contributed by atoms with E-state index in [-0.39, 0.29) is 11.7 Å². The predicted octanol–water partition coefficient (Wildman–Crippen LogP) is 3.46. The molecule has 0 saturated carbocycles. The molecule has 29 heavy (non-hydrogen) atoms. The van der Waals surface area contributed by atoms with Gasteiger partial charge in [-0.3, -0.25) is 4.79 Å². The zero-order chi connectivity index (χ0) is 20.6. The summed E-state index contributed by atoms with van der Waals surface area (Å²) in [4.78, 5) is 28.0. The molecular formula is C21H21N3O4S. The summed E-state index contributed by atoms with van der Waals surface area (Å²) in [5.74, 6) is 0.463. The van der Waals surface area contributed by atoms with E-state index in [1.165, 1.54) is 18.9 Å². The summed E-state index contributed by atoms with van der Waals surface area (Å²) >= 11 is 1.36. The Bertz CT molecular complexity index is 968. The first-order valence-electron chi connectivity index (χ1n) is 8.84. The fraction of sp³-hybridized carbons (Fsp3) is 0.190. The van der Waals surface area contributed by atoms with Crippen molar-refractivity contribution in [2.75, 3.05) is 25.3 Å².